The standard InChI is InChI=1S/C12H25N3O/c1-3-4-12-11-13(2)5-6-15(12)14-7-9-16-10-8-14/h12H,3-11H2,1-2H3. The molecule has 16 heavy (non-hydrogen) atoms. The lowest BCUT2D eigenvalue weighted by Gasteiger charge is -2.47. The molecule has 4 nitrogen and oxygen atoms in total. The molecule has 0 aliphatic carbocycles. The third-order valence-electron chi connectivity index (χ3n) is 3.63. The first-order chi connectivity index (χ1) is 7.81. The summed E-state index contributed by atoms with van der Waals surface area (Å²) in [5, 5.41) is 5.11. The zero-order valence-electron chi connectivity index (χ0n) is 10.7. The van der Waals surface area contributed by atoms with E-state index in [1.165, 1.54) is 32.5 Å². The van der Waals surface area contributed by atoms with Crippen LogP contribution in [0.4, 0.5) is 0 Å². The van der Waals surface area contributed by atoms with E-state index < -0.39 is 0 Å². The average Bonchev–Trinajstić information content (AvgIpc) is 2.31. The molecule has 2 fully saturated rings. The molecule has 2 heterocycles. The largest absolute Gasteiger partial charge is 0.379 e. The molecule has 94 valence electrons. The molecule has 2 aliphatic rings. The summed E-state index contributed by atoms with van der Waals surface area (Å²) in [6, 6.07) is 0.710. The maximum absolute atomic E-state index is 5.43. The van der Waals surface area contributed by atoms with Gasteiger partial charge < -0.3 is 9.64 Å². The minimum absolute atomic E-state index is 0.710. The van der Waals surface area contributed by atoms with Gasteiger partial charge in [0.1, 0.15) is 0 Å². The number of likely N-dealkylation sites (N-methyl/N-ethyl adjacent to an activating group) is 1. The van der Waals surface area contributed by atoms with Gasteiger partial charge in [0.15, 0.2) is 0 Å². The summed E-state index contributed by atoms with van der Waals surface area (Å²) in [4.78, 5) is 2.46. The van der Waals surface area contributed by atoms with Crippen molar-refractivity contribution in [3.63, 3.8) is 0 Å². The molecule has 0 aromatic carbocycles. The number of rotatable bonds is 3. The Hall–Kier alpha value is -0.160. The molecule has 0 aromatic rings. The van der Waals surface area contributed by atoms with E-state index >= 15 is 0 Å². The van der Waals surface area contributed by atoms with E-state index in [1.54, 1.807) is 0 Å². The third kappa shape index (κ3) is 2.94. The van der Waals surface area contributed by atoms with Gasteiger partial charge in [-0.1, -0.05) is 13.3 Å². The predicted octanol–water partition coefficient (Wildman–Crippen LogP) is 0.650. The van der Waals surface area contributed by atoms with Crippen LogP contribution in [0.25, 0.3) is 0 Å². The van der Waals surface area contributed by atoms with Crippen LogP contribution in [0.2, 0.25) is 0 Å². The minimum atomic E-state index is 0.710. The Labute approximate surface area is 99.1 Å². The fourth-order valence-corrected chi connectivity index (χ4v) is 2.76. The summed E-state index contributed by atoms with van der Waals surface area (Å²) in [6.07, 6.45) is 2.58. The van der Waals surface area contributed by atoms with Gasteiger partial charge in [0.05, 0.1) is 13.2 Å². The molecular weight excluding hydrogens is 202 g/mol. The first-order valence-corrected chi connectivity index (χ1v) is 6.59. The van der Waals surface area contributed by atoms with Gasteiger partial charge in [-0.2, -0.15) is 0 Å². The van der Waals surface area contributed by atoms with Crippen LogP contribution in [0.3, 0.4) is 0 Å². The van der Waals surface area contributed by atoms with Crippen LogP contribution >= 0.6 is 0 Å². The lowest BCUT2D eigenvalue weighted by Crippen LogP contribution is -2.60. The van der Waals surface area contributed by atoms with Gasteiger partial charge in [-0.05, 0) is 13.5 Å². The second kappa shape index (κ2) is 5.96. The van der Waals surface area contributed by atoms with Crippen molar-refractivity contribution in [2.75, 3.05) is 53.0 Å². The first-order valence-electron chi connectivity index (χ1n) is 6.59. The van der Waals surface area contributed by atoms with Crippen LogP contribution in [0, 0.1) is 0 Å². The lowest BCUT2D eigenvalue weighted by atomic mass is 10.1. The van der Waals surface area contributed by atoms with Crippen LogP contribution < -0.4 is 0 Å². The van der Waals surface area contributed by atoms with Crippen molar-refractivity contribution in [1.82, 2.24) is 14.9 Å². The number of hydrogen-bond acceptors (Lipinski definition) is 4. The van der Waals surface area contributed by atoms with E-state index in [9.17, 15) is 0 Å². The number of morpholine rings is 1. The molecule has 4 heteroatoms. The fraction of sp³-hybridized carbons (Fsp3) is 1.00. The second-order valence-electron chi connectivity index (χ2n) is 4.93. The zero-order chi connectivity index (χ0) is 11.4. The van der Waals surface area contributed by atoms with Gasteiger partial charge in [-0.3, -0.25) is 0 Å². The van der Waals surface area contributed by atoms with Gasteiger partial charge in [-0.25, -0.2) is 10.0 Å². The molecule has 0 spiro atoms. The highest BCUT2D eigenvalue weighted by atomic mass is 16.5. The van der Waals surface area contributed by atoms with Gasteiger partial charge in [0.2, 0.25) is 0 Å². The number of ether oxygens (including phenoxy) is 1. The SMILES string of the molecule is CCCC1CN(C)CCN1N1CCOCC1. The van der Waals surface area contributed by atoms with Crippen molar-refractivity contribution in [2.24, 2.45) is 0 Å². The molecule has 0 bridgehead atoms. The molecule has 0 amide bonds. The van der Waals surface area contributed by atoms with Crippen LogP contribution in [-0.4, -0.2) is 73.9 Å². The molecule has 0 aromatic heterocycles. The fourth-order valence-electron chi connectivity index (χ4n) is 2.76. The molecule has 1 unspecified atom stereocenters. The Morgan fingerprint density at radius 1 is 1.12 bits per heavy atom. The van der Waals surface area contributed by atoms with Crippen LogP contribution in [0.5, 0.6) is 0 Å². The van der Waals surface area contributed by atoms with Crippen molar-refractivity contribution in [1.29, 1.82) is 0 Å². The Morgan fingerprint density at radius 3 is 2.56 bits per heavy atom. The lowest BCUT2D eigenvalue weighted by molar-refractivity contribution is -0.134. The molecule has 2 aliphatic heterocycles. The molecule has 2 rings (SSSR count). The van der Waals surface area contributed by atoms with Gasteiger partial charge in [-0.15, -0.1) is 0 Å². The van der Waals surface area contributed by atoms with Crippen LogP contribution in [0.1, 0.15) is 19.8 Å². The highest BCUT2D eigenvalue weighted by Crippen LogP contribution is 2.17. The van der Waals surface area contributed by atoms with E-state index in [1.807, 2.05) is 0 Å². The van der Waals surface area contributed by atoms with Crippen LogP contribution in [0.15, 0.2) is 0 Å². The van der Waals surface area contributed by atoms with E-state index in [0.29, 0.717) is 6.04 Å². The number of nitrogens with zero attached hydrogens (tertiary/aromatic N) is 3. The second-order valence-corrected chi connectivity index (χ2v) is 4.93. The Morgan fingerprint density at radius 2 is 1.88 bits per heavy atom. The minimum Gasteiger partial charge on any atom is -0.379 e. The Bertz CT molecular complexity index is 206. The summed E-state index contributed by atoms with van der Waals surface area (Å²) in [5.74, 6) is 0. The monoisotopic (exact) mass is 227 g/mol. The maximum atomic E-state index is 5.43. The summed E-state index contributed by atoms with van der Waals surface area (Å²) >= 11 is 0. The van der Waals surface area contributed by atoms with E-state index in [2.05, 4.69) is 28.9 Å². The van der Waals surface area contributed by atoms with Crippen molar-refractivity contribution >= 4 is 0 Å². The molecule has 0 saturated carbocycles. The summed E-state index contributed by atoms with van der Waals surface area (Å²) in [5.41, 5.74) is 0. The van der Waals surface area contributed by atoms with Crippen molar-refractivity contribution in [3.05, 3.63) is 0 Å². The third-order valence-corrected chi connectivity index (χ3v) is 3.63. The highest BCUT2D eigenvalue weighted by molar-refractivity contribution is 4.80. The number of hydrogen-bond donors (Lipinski definition) is 0. The number of hydrazine groups is 1. The molecular formula is C12H25N3O. The first kappa shape index (κ1) is 12.3. The summed E-state index contributed by atoms with van der Waals surface area (Å²) < 4.78 is 5.43. The average molecular weight is 227 g/mol. The van der Waals surface area contributed by atoms with E-state index in [-0.39, 0.29) is 0 Å². The van der Waals surface area contributed by atoms with Gasteiger partial charge in [0.25, 0.3) is 0 Å². The highest BCUT2D eigenvalue weighted by Gasteiger charge is 2.29. The quantitative estimate of drug-likeness (QED) is 0.704. The Kier molecular flexibility index (Phi) is 4.58. The van der Waals surface area contributed by atoms with Crippen LogP contribution in [-0.2, 0) is 4.74 Å². The topological polar surface area (TPSA) is 19.0 Å². The number of piperazine rings is 1. The van der Waals surface area contributed by atoms with E-state index in [0.717, 1.165) is 26.3 Å². The van der Waals surface area contributed by atoms with E-state index in [4.69, 9.17) is 4.74 Å². The molecule has 0 N–H and O–H groups in total. The zero-order valence-corrected chi connectivity index (χ0v) is 10.7. The summed E-state index contributed by atoms with van der Waals surface area (Å²) in [6.45, 7) is 9.81. The van der Waals surface area contributed by atoms with Crippen molar-refractivity contribution < 1.29 is 4.74 Å². The van der Waals surface area contributed by atoms with Crippen molar-refractivity contribution in [3.8, 4) is 0 Å². The van der Waals surface area contributed by atoms with Gasteiger partial charge in [0, 0.05) is 38.8 Å². The normalized spacial score (nSPS) is 30.8. The molecule has 0 radical (unpaired) electrons. The molecule has 2 saturated heterocycles. The van der Waals surface area contributed by atoms with Crippen molar-refractivity contribution in [2.45, 2.75) is 25.8 Å². The molecule has 1 atom stereocenters. The predicted molar refractivity (Wildman–Crippen MR) is 65.3 cm³/mol. The smallest absolute Gasteiger partial charge is 0.0608 e. The maximum Gasteiger partial charge on any atom is 0.0608 e. The summed E-state index contributed by atoms with van der Waals surface area (Å²) in [7, 11) is 2.24. The Balaban J connectivity index is 1.93. The van der Waals surface area contributed by atoms with Gasteiger partial charge >= 0.3 is 0 Å².